The Hall–Kier alpha value is -1.22. The maximum Gasteiger partial charge on any atom is 0.241 e. The fourth-order valence-electron chi connectivity index (χ4n) is 2.40. The van der Waals surface area contributed by atoms with Crippen molar-refractivity contribution in [2.75, 3.05) is 25.0 Å². The van der Waals surface area contributed by atoms with E-state index in [0.29, 0.717) is 18.4 Å². The number of carbonyl (C=O) groups is 1. The highest BCUT2D eigenvalue weighted by Crippen LogP contribution is 2.23. The number of nitrogens with zero attached hydrogens (tertiary/aromatic N) is 1. The van der Waals surface area contributed by atoms with E-state index in [-0.39, 0.29) is 18.3 Å². The van der Waals surface area contributed by atoms with Gasteiger partial charge in [-0.3, -0.25) is 4.79 Å². The Morgan fingerprint density at radius 3 is 2.63 bits per heavy atom. The quantitative estimate of drug-likeness (QED) is 0.921. The lowest BCUT2D eigenvalue weighted by molar-refractivity contribution is -0.128. The van der Waals surface area contributed by atoms with Gasteiger partial charge in [0.05, 0.1) is 6.54 Å². The largest absolute Gasteiger partial charge is 0.376 e. The van der Waals surface area contributed by atoms with Crippen LogP contribution in [-0.4, -0.2) is 30.4 Å². The van der Waals surface area contributed by atoms with E-state index in [4.69, 9.17) is 0 Å². The SMILES string of the molecule is CC(C)C1CCN(C(=O)CNc2ccccc2)C1.Cl. The van der Waals surface area contributed by atoms with Crippen LogP contribution in [0.25, 0.3) is 0 Å². The first kappa shape index (κ1) is 15.8. The van der Waals surface area contributed by atoms with Crippen molar-refractivity contribution in [1.82, 2.24) is 4.90 Å². The molecule has 106 valence electrons. The van der Waals surface area contributed by atoms with Gasteiger partial charge < -0.3 is 10.2 Å². The number of benzene rings is 1. The zero-order valence-corrected chi connectivity index (χ0v) is 12.5. The van der Waals surface area contributed by atoms with Crippen LogP contribution in [0.1, 0.15) is 20.3 Å². The zero-order valence-electron chi connectivity index (χ0n) is 11.6. The second-order valence-corrected chi connectivity index (χ2v) is 5.35. The van der Waals surface area contributed by atoms with Gasteiger partial charge in [-0.1, -0.05) is 32.0 Å². The van der Waals surface area contributed by atoms with E-state index in [0.717, 1.165) is 25.2 Å². The second kappa shape index (κ2) is 7.39. The smallest absolute Gasteiger partial charge is 0.241 e. The normalized spacial score (nSPS) is 18.3. The van der Waals surface area contributed by atoms with Crippen molar-refractivity contribution in [3.05, 3.63) is 30.3 Å². The van der Waals surface area contributed by atoms with Crippen molar-refractivity contribution < 1.29 is 4.79 Å². The fourth-order valence-corrected chi connectivity index (χ4v) is 2.40. The number of hydrogen-bond donors (Lipinski definition) is 1. The molecule has 0 bridgehead atoms. The van der Waals surface area contributed by atoms with E-state index in [1.165, 1.54) is 0 Å². The number of nitrogens with one attached hydrogen (secondary N) is 1. The zero-order chi connectivity index (χ0) is 13.0. The van der Waals surface area contributed by atoms with Crippen LogP contribution in [0.2, 0.25) is 0 Å². The maximum absolute atomic E-state index is 12.1. The Balaban J connectivity index is 0.00000180. The molecule has 1 amide bonds. The summed E-state index contributed by atoms with van der Waals surface area (Å²) in [4.78, 5) is 14.0. The summed E-state index contributed by atoms with van der Waals surface area (Å²) in [7, 11) is 0. The van der Waals surface area contributed by atoms with Gasteiger partial charge in [0.25, 0.3) is 0 Å². The summed E-state index contributed by atoms with van der Waals surface area (Å²) < 4.78 is 0. The van der Waals surface area contributed by atoms with Crippen LogP contribution in [-0.2, 0) is 4.79 Å². The summed E-state index contributed by atoms with van der Waals surface area (Å²) in [5, 5.41) is 3.17. The standard InChI is InChI=1S/C15H22N2O.ClH/c1-12(2)13-8-9-17(11-13)15(18)10-16-14-6-4-3-5-7-14;/h3-7,12-13,16H,8-11H2,1-2H3;1H. The molecular weight excluding hydrogens is 260 g/mol. The Labute approximate surface area is 121 Å². The molecule has 19 heavy (non-hydrogen) atoms. The Kier molecular flexibility index (Phi) is 6.16. The van der Waals surface area contributed by atoms with Gasteiger partial charge in [0.1, 0.15) is 0 Å². The summed E-state index contributed by atoms with van der Waals surface area (Å²) in [6.07, 6.45) is 1.15. The van der Waals surface area contributed by atoms with Crippen molar-refractivity contribution in [2.45, 2.75) is 20.3 Å². The fraction of sp³-hybridized carbons (Fsp3) is 0.533. The van der Waals surface area contributed by atoms with Gasteiger partial charge in [0.15, 0.2) is 0 Å². The molecule has 1 N–H and O–H groups in total. The lowest BCUT2D eigenvalue weighted by atomic mass is 9.95. The molecule has 1 fully saturated rings. The van der Waals surface area contributed by atoms with Crippen molar-refractivity contribution in [1.29, 1.82) is 0 Å². The van der Waals surface area contributed by atoms with Crippen LogP contribution in [0.3, 0.4) is 0 Å². The van der Waals surface area contributed by atoms with Crippen molar-refractivity contribution in [3.8, 4) is 0 Å². The summed E-state index contributed by atoms with van der Waals surface area (Å²) in [6.45, 7) is 6.71. The molecule has 2 rings (SSSR count). The lowest BCUT2D eigenvalue weighted by Crippen LogP contribution is -2.34. The van der Waals surface area contributed by atoms with Gasteiger partial charge in [0, 0.05) is 18.8 Å². The number of likely N-dealkylation sites (tertiary alicyclic amines) is 1. The van der Waals surface area contributed by atoms with Crippen LogP contribution >= 0.6 is 12.4 Å². The monoisotopic (exact) mass is 282 g/mol. The van der Waals surface area contributed by atoms with Gasteiger partial charge in [-0.15, -0.1) is 12.4 Å². The number of halogens is 1. The summed E-state index contributed by atoms with van der Waals surface area (Å²) >= 11 is 0. The number of amides is 1. The first-order valence-electron chi connectivity index (χ1n) is 6.73. The van der Waals surface area contributed by atoms with Crippen molar-refractivity contribution >= 4 is 24.0 Å². The van der Waals surface area contributed by atoms with Crippen LogP contribution in [0, 0.1) is 11.8 Å². The molecule has 1 aromatic carbocycles. The molecule has 1 aliphatic rings. The average molecular weight is 283 g/mol. The van der Waals surface area contributed by atoms with E-state index in [1.54, 1.807) is 0 Å². The van der Waals surface area contributed by atoms with Crippen molar-refractivity contribution in [3.63, 3.8) is 0 Å². The Morgan fingerprint density at radius 1 is 1.37 bits per heavy atom. The van der Waals surface area contributed by atoms with Gasteiger partial charge in [-0.25, -0.2) is 0 Å². The number of anilines is 1. The van der Waals surface area contributed by atoms with Gasteiger partial charge in [-0.05, 0) is 30.4 Å². The minimum absolute atomic E-state index is 0. The highest BCUT2D eigenvalue weighted by molar-refractivity contribution is 5.85. The molecule has 1 aliphatic heterocycles. The molecule has 0 aliphatic carbocycles. The molecular formula is C15H23ClN2O. The van der Waals surface area contributed by atoms with E-state index in [9.17, 15) is 4.79 Å². The molecule has 3 nitrogen and oxygen atoms in total. The molecule has 1 atom stereocenters. The molecule has 0 saturated carbocycles. The minimum Gasteiger partial charge on any atom is -0.376 e. The van der Waals surface area contributed by atoms with Gasteiger partial charge >= 0.3 is 0 Å². The summed E-state index contributed by atoms with van der Waals surface area (Å²) in [5.74, 6) is 1.55. The van der Waals surface area contributed by atoms with Crippen molar-refractivity contribution in [2.24, 2.45) is 11.8 Å². The third kappa shape index (κ3) is 4.43. The lowest BCUT2D eigenvalue weighted by Gasteiger charge is -2.18. The number of hydrogen-bond acceptors (Lipinski definition) is 2. The third-order valence-corrected chi connectivity index (χ3v) is 3.74. The number of carbonyl (C=O) groups excluding carboxylic acids is 1. The molecule has 0 radical (unpaired) electrons. The van der Waals surface area contributed by atoms with Crippen LogP contribution in [0.4, 0.5) is 5.69 Å². The van der Waals surface area contributed by atoms with Crippen LogP contribution < -0.4 is 5.32 Å². The van der Waals surface area contributed by atoms with E-state index in [2.05, 4.69) is 19.2 Å². The van der Waals surface area contributed by atoms with Gasteiger partial charge in [-0.2, -0.15) is 0 Å². The number of para-hydroxylation sites is 1. The molecule has 1 saturated heterocycles. The molecule has 0 aromatic heterocycles. The Bertz CT molecular complexity index is 394. The topological polar surface area (TPSA) is 32.3 Å². The second-order valence-electron chi connectivity index (χ2n) is 5.35. The summed E-state index contributed by atoms with van der Waals surface area (Å²) in [5.41, 5.74) is 1.01. The first-order chi connectivity index (χ1) is 8.66. The molecule has 4 heteroatoms. The highest BCUT2D eigenvalue weighted by Gasteiger charge is 2.27. The minimum atomic E-state index is 0. The van der Waals surface area contributed by atoms with Gasteiger partial charge in [0.2, 0.25) is 5.91 Å². The highest BCUT2D eigenvalue weighted by atomic mass is 35.5. The average Bonchev–Trinajstić information content (AvgIpc) is 2.87. The maximum atomic E-state index is 12.1. The first-order valence-corrected chi connectivity index (χ1v) is 6.73. The molecule has 1 heterocycles. The number of rotatable bonds is 4. The predicted molar refractivity (Wildman–Crippen MR) is 81.7 cm³/mol. The van der Waals surface area contributed by atoms with Crippen LogP contribution in [0.5, 0.6) is 0 Å². The predicted octanol–water partition coefficient (Wildman–Crippen LogP) is 3.02. The van der Waals surface area contributed by atoms with E-state index < -0.39 is 0 Å². The van der Waals surface area contributed by atoms with E-state index in [1.807, 2.05) is 35.2 Å². The van der Waals surface area contributed by atoms with E-state index >= 15 is 0 Å². The Morgan fingerprint density at radius 2 is 2.05 bits per heavy atom. The third-order valence-electron chi connectivity index (χ3n) is 3.74. The molecule has 1 unspecified atom stereocenters. The molecule has 1 aromatic rings. The summed E-state index contributed by atoms with van der Waals surface area (Å²) in [6, 6.07) is 9.87. The molecule has 0 spiro atoms. The van der Waals surface area contributed by atoms with Crippen LogP contribution in [0.15, 0.2) is 30.3 Å².